The van der Waals surface area contributed by atoms with Crippen LogP contribution in [-0.4, -0.2) is 55.6 Å². The quantitative estimate of drug-likeness (QED) is 0.545. The van der Waals surface area contributed by atoms with Gasteiger partial charge in [-0.25, -0.2) is 4.79 Å². The third-order valence-electron chi connectivity index (χ3n) is 6.66. The SMILES string of the molecule is C=CCN1C(=O)NC(c2ccc(C(C)C)cc2)C2=C1CN(CCc1ccc(OC)c(OC)c1)C2=O. The molecule has 0 aromatic heterocycles. The fourth-order valence-electron chi connectivity index (χ4n) is 4.67. The minimum absolute atomic E-state index is 0.0486. The van der Waals surface area contributed by atoms with Gasteiger partial charge in [0.05, 0.1) is 38.1 Å². The van der Waals surface area contributed by atoms with Crippen molar-refractivity contribution in [2.45, 2.75) is 32.2 Å². The Hall–Kier alpha value is -3.74. The minimum Gasteiger partial charge on any atom is -0.493 e. The predicted molar refractivity (Wildman–Crippen MR) is 136 cm³/mol. The Balaban J connectivity index is 1.58. The number of methoxy groups -OCH3 is 2. The van der Waals surface area contributed by atoms with Crippen molar-refractivity contribution in [3.05, 3.63) is 83.1 Å². The smallest absolute Gasteiger partial charge is 0.322 e. The summed E-state index contributed by atoms with van der Waals surface area (Å²) in [5, 5.41) is 3.04. The minimum atomic E-state index is -0.474. The van der Waals surface area contributed by atoms with E-state index in [1.54, 1.807) is 25.2 Å². The van der Waals surface area contributed by atoms with E-state index < -0.39 is 6.04 Å². The molecule has 0 saturated heterocycles. The molecule has 2 aromatic carbocycles. The average molecular weight is 476 g/mol. The Labute approximate surface area is 207 Å². The molecule has 2 aliphatic heterocycles. The number of benzene rings is 2. The first-order valence-corrected chi connectivity index (χ1v) is 11.9. The lowest BCUT2D eigenvalue weighted by molar-refractivity contribution is -0.125. The molecular formula is C28H33N3O4. The van der Waals surface area contributed by atoms with Crippen molar-refractivity contribution in [3.63, 3.8) is 0 Å². The summed E-state index contributed by atoms with van der Waals surface area (Å²) >= 11 is 0. The molecule has 4 rings (SSSR count). The zero-order valence-electron chi connectivity index (χ0n) is 20.8. The number of nitrogens with zero attached hydrogens (tertiary/aromatic N) is 2. The van der Waals surface area contributed by atoms with Gasteiger partial charge in [-0.15, -0.1) is 6.58 Å². The van der Waals surface area contributed by atoms with Crippen LogP contribution in [0.4, 0.5) is 4.79 Å². The van der Waals surface area contributed by atoms with E-state index in [-0.39, 0.29) is 11.9 Å². The Morgan fingerprint density at radius 3 is 2.43 bits per heavy atom. The molecule has 0 aliphatic carbocycles. The second-order valence-electron chi connectivity index (χ2n) is 9.13. The van der Waals surface area contributed by atoms with Crippen LogP contribution >= 0.6 is 0 Å². The summed E-state index contributed by atoms with van der Waals surface area (Å²) in [4.78, 5) is 30.0. The zero-order chi connectivity index (χ0) is 25.1. The van der Waals surface area contributed by atoms with Crippen LogP contribution in [0.25, 0.3) is 0 Å². The van der Waals surface area contributed by atoms with Crippen molar-refractivity contribution < 1.29 is 19.1 Å². The fraction of sp³-hybridized carbons (Fsp3) is 0.357. The molecular weight excluding hydrogens is 442 g/mol. The summed E-state index contributed by atoms with van der Waals surface area (Å²) in [6, 6.07) is 13.2. The second-order valence-corrected chi connectivity index (χ2v) is 9.13. The van der Waals surface area contributed by atoms with Crippen LogP contribution in [0.3, 0.4) is 0 Å². The van der Waals surface area contributed by atoms with Gasteiger partial charge in [-0.2, -0.15) is 0 Å². The number of urea groups is 1. The van der Waals surface area contributed by atoms with E-state index in [9.17, 15) is 9.59 Å². The molecule has 1 N–H and O–H groups in total. The summed E-state index contributed by atoms with van der Waals surface area (Å²) in [5.74, 6) is 1.68. The first-order chi connectivity index (χ1) is 16.9. The Bertz CT molecular complexity index is 1150. The summed E-state index contributed by atoms with van der Waals surface area (Å²) < 4.78 is 10.7. The van der Waals surface area contributed by atoms with Crippen molar-refractivity contribution in [2.24, 2.45) is 0 Å². The maximum Gasteiger partial charge on any atom is 0.322 e. The van der Waals surface area contributed by atoms with E-state index in [0.717, 1.165) is 16.8 Å². The molecule has 0 spiro atoms. The molecule has 7 heteroatoms. The van der Waals surface area contributed by atoms with Gasteiger partial charge in [0.2, 0.25) is 0 Å². The third kappa shape index (κ3) is 4.76. The molecule has 184 valence electrons. The van der Waals surface area contributed by atoms with Crippen LogP contribution in [-0.2, 0) is 11.2 Å². The van der Waals surface area contributed by atoms with Gasteiger partial charge in [-0.3, -0.25) is 9.69 Å². The molecule has 7 nitrogen and oxygen atoms in total. The second kappa shape index (κ2) is 10.3. The summed E-state index contributed by atoms with van der Waals surface area (Å²) in [6.07, 6.45) is 2.34. The lowest BCUT2D eigenvalue weighted by Crippen LogP contribution is -2.47. The van der Waals surface area contributed by atoms with Crippen LogP contribution in [0.5, 0.6) is 11.5 Å². The molecule has 0 radical (unpaired) electrons. The van der Waals surface area contributed by atoms with Gasteiger partial charge in [0.25, 0.3) is 5.91 Å². The molecule has 1 atom stereocenters. The normalized spacial score (nSPS) is 17.6. The van der Waals surface area contributed by atoms with Crippen LogP contribution in [0.2, 0.25) is 0 Å². The average Bonchev–Trinajstić information content (AvgIpc) is 3.20. The monoisotopic (exact) mass is 475 g/mol. The number of ether oxygens (including phenoxy) is 2. The van der Waals surface area contributed by atoms with Crippen LogP contribution in [0.1, 0.15) is 42.5 Å². The summed E-state index contributed by atoms with van der Waals surface area (Å²) in [6.45, 7) is 9.33. The lowest BCUT2D eigenvalue weighted by atomic mass is 9.93. The number of rotatable bonds is 9. The molecule has 3 amide bonds. The van der Waals surface area contributed by atoms with Crippen LogP contribution < -0.4 is 14.8 Å². The predicted octanol–water partition coefficient (Wildman–Crippen LogP) is 4.42. The standard InChI is InChI=1S/C28H33N3O4/c1-6-14-31-22-17-30(15-13-19-7-12-23(34-4)24(16-19)35-5)27(32)25(22)26(29-28(31)33)21-10-8-20(9-11-21)18(2)3/h6-12,16,18,26H,1,13-15,17H2,2-5H3,(H,29,33). The Morgan fingerprint density at radius 2 is 1.80 bits per heavy atom. The van der Waals surface area contributed by atoms with Crippen molar-refractivity contribution in [1.29, 1.82) is 0 Å². The number of carbonyl (C=O) groups is 2. The topological polar surface area (TPSA) is 71.1 Å². The molecule has 1 unspecified atom stereocenters. The first kappa shape index (κ1) is 24.4. The maximum absolute atomic E-state index is 13.6. The van der Waals surface area contributed by atoms with Gasteiger partial charge in [0, 0.05) is 13.1 Å². The highest BCUT2D eigenvalue weighted by molar-refractivity contribution is 6.01. The van der Waals surface area contributed by atoms with Gasteiger partial charge in [-0.05, 0) is 41.2 Å². The van der Waals surface area contributed by atoms with E-state index in [4.69, 9.17) is 9.47 Å². The van der Waals surface area contributed by atoms with E-state index in [0.29, 0.717) is 49.0 Å². The molecule has 2 aromatic rings. The van der Waals surface area contributed by atoms with E-state index in [1.807, 2.05) is 35.2 Å². The molecule has 2 heterocycles. The van der Waals surface area contributed by atoms with Gasteiger partial charge >= 0.3 is 6.03 Å². The maximum atomic E-state index is 13.6. The summed E-state index contributed by atoms with van der Waals surface area (Å²) in [7, 11) is 3.21. The van der Waals surface area contributed by atoms with Crippen molar-refractivity contribution >= 4 is 11.9 Å². The molecule has 0 fully saturated rings. The Kier molecular flexibility index (Phi) is 7.15. The molecule has 35 heavy (non-hydrogen) atoms. The van der Waals surface area contributed by atoms with Gasteiger partial charge in [-0.1, -0.05) is 50.3 Å². The van der Waals surface area contributed by atoms with Crippen LogP contribution in [0, 0.1) is 0 Å². The van der Waals surface area contributed by atoms with Crippen molar-refractivity contribution in [1.82, 2.24) is 15.1 Å². The number of amides is 3. The van der Waals surface area contributed by atoms with E-state index >= 15 is 0 Å². The number of hydrogen-bond acceptors (Lipinski definition) is 4. The third-order valence-corrected chi connectivity index (χ3v) is 6.66. The zero-order valence-corrected chi connectivity index (χ0v) is 20.8. The van der Waals surface area contributed by atoms with Crippen molar-refractivity contribution in [2.75, 3.05) is 33.9 Å². The van der Waals surface area contributed by atoms with Crippen molar-refractivity contribution in [3.8, 4) is 11.5 Å². The first-order valence-electron chi connectivity index (χ1n) is 11.9. The van der Waals surface area contributed by atoms with E-state index in [2.05, 4.69) is 37.9 Å². The van der Waals surface area contributed by atoms with E-state index in [1.165, 1.54) is 5.56 Å². The molecule has 0 bridgehead atoms. The fourth-order valence-corrected chi connectivity index (χ4v) is 4.67. The highest BCUT2D eigenvalue weighted by Gasteiger charge is 2.43. The highest BCUT2D eigenvalue weighted by Crippen LogP contribution is 2.37. The van der Waals surface area contributed by atoms with Gasteiger partial charge in [0.1, 0.15) is 0 Å². The number of hydrogen-bond donors (Lipinski definition) is 1. The lowest BCUT2D eigenvalue weighted by Gasteiger charge is -2.33. The highest BCUT2D eigenvalue weighted by atomic mass is 16.5. The van der Waals surface area contributed by atoms with Gasteiger partial charge in [0.15, 0.2) is 11.5 Å². The number of nitrogens with one attached hydrogen (secondary N) is 1. The van der Waals surface area contributed by atoms with Crippen LogP contribution in [0.15, 0.2) is 66.4 Å². The summed E-state index contributed by atoms with van der Waals surface area (Å²) in [5.41, 5.74) is 4.55. The number of carbonyl (C=O) groups excluding carboxylic acids is 2. The molecule has 0 saturated carbocycles. The molecule has 2 aliphatic rings. The van der Waals surface area contributed by atoms with Gasteiger partial charge < -0.3 is 19.7 Å². The largest absolute Gasteiger partial charge is 0.493 e. The Morgan fingerprint density at radius 1 is 1.09 bits per heavy atom.